The molecule has 0 aliphatic rings. The molecule has 3 rings (SSSR count). The number of benzene rings is 2. The van der Waals surface area contributed by atoms with Gasteiger partial charge in [-0.25, -0.2) is 0 Å². The van der Waals surface area contributed by atoms with Gasteiger partial charge in [0.2, 0.25) is 0 Å². The molecule has 0 N–H and O–H groups in total. The molecule has 0 spiro atoms. The minimum atomic E-state index is 0.120. The Morgan fingerprint density at radius 3 is 1.78 bits per heavy atom. The molecule has 0 saturated heterocycles. The van der Waals surface area contributed by atoms with Gasteiger partial charge in [-0.05, 0) is 78.0 Å². The predicted octanol–water partition coefficient (Wildman–Crippen LogP) is 9.41. The Morgan fingerprint density at radius 2 is 1.38 bits per heavy atom. The number of hydrogen-bond donors (Lipinski definition) is 0. The first kappa shape index (κ1) is 24.1. The Balaban J connectivity index is 2.24. The second-order valence-electron chi connectivity index (χ2n) is 11.3. The van der Waals surface area contributed by atoms with Crippen molar-refractivity contribution < 1.29 is 0 Å². The van der Waals surface area contributed by atoms with E-state index in [9.17, 15) is 0 Å². The van der Waals surface area contributed by atoms with Gasteiger partial charge in [-0.15, -0.1) is 6.58 Å². The lowest BCUT2D eigenvalue weighted by molar-refractivity contribution is 0.590. The predicted molar refractivity (Wildman–Crippen MR) is 145 cm³/mol. The highest BCUT2D eigenvalue weighted by Crippen LogP contribution is 2.37. The summed E-state index contributed by atoms with van der Waals surface area (Å²) in [4.78, 5) is 0. The zero-order valence-electron chi connectivity index (χ0n) is 21.4. The van der Waals surface area contributed by atoms with E-state index < -0.39 is 0 Å². The van der Waals surface area contributed by atoms with Crippen molar-refractivity contribution in [3.05, 3.63) is 78.4 Å². The molecule has 1 aromatic heterocycles. The summed E-state index contributed by atoms with van der Waals surface area (Å²) in [6, 6.07) is 14.0. The van der Waals surface area contributed by atoms with Gasteiger partial charge in [0, 0.05) is 16.5 Å². The highest BCUT2D eigenvalue weighted by atomic mass is 15.0. The van der Waals surface area contributed by atoms with E-state index in [2.05, 4.69) is 121 Å². The first-order chi connectivity index (χ1) is 15.0. The fourth-order valence-corrected chi connectivity index (χ4v) is 4.34. The zero-order chi connectivity index (χ0) is 23.7. The largest absolute Gasteiger partial charge is 0.310 e. The van der Waals surface area contributed by atoms with Crippen LogP contribution in [0.1, 0.15) is 79.4 Å². The number of allylic oxidation sites excluding steroid dienone is 5. The number of hydrogen-bond acceptors (Lipinski definition) is 0. The molecule has 3 aromatic rings. The van der Waals surface area contributed by atoms with Crippen LogP contribution in [0.15, 0.2) is 67.3 Å². The molecule has 1 nitrogen and oxygen atoms in total. The summed E-state index contributed by atoms with van der Waals surface area (Å²) in [6.45, 7) is 22.0. The monoisotopic (exact) mass is 427 g/mol. The lowest BCUT2D eigenvalue weighted by Crippen LogP contribution is -2.10. The fraction of sp³-hybridized carbons (Fsp3) is 0.419. The fourth-order valence-electron chi connectivity index (χ4n) is 4.34. The highest BCUT2D eigenvalue weighted by Gasteiger charge is 2.20. The Morgan fingerprint density at radius 1 is 0.875 bits per heavy atom. The van der Waals surface area contributed by atoms with E-state index in [1.807, 2.05) is 6.08 Å². The number of aromatic nitrogens is 1. The normalized spacial score (nSPS) is 14.6. The Kier molecular flexibility index (Phi) is 6.89. The van der Waals surface area contributed by atoms with E-state index in [-0.39, 0.29) is 10.8 Å². The van der Waals surface area contributed by atoms with Gasteiger partial charge in [0.05, 0.1) is 11.0 Å². The topological polar surface area (TPSA) is 4.93 Å². The van der Waals surface area contributed by atoms with Crippen LogP contribution in [0, 0.1) is 5.92 Å². The van der Waals surface area contributed by atoms with Gasteiger partial charge in [0.25, 0.3) is 0 Å². The smallest absolute Gasteiger partial charge is 0.0541 e. The van der Waals surface area contributed by atoms with Crippen LogP contribution in [0.4, 0.5) is 0 Å². The summed E-state index contributed by atoms with van der Waals surface area (Å²) in [5.74, 6) is 0.615. The molecule has 1 unspecified atom stereocenters. The van der Waals surface area contributed by atoms with Gasteiger partial charge in [-0.1, -0.05) is 78.8 Å². The van der Waals surface area contributed by atoms with E-state index >= 15 is 0 Å². The maximum Gasteiger partial charge on any atom is 0.0541 e. The molecule has 0 aliphatic carbocycles. The lowest BCUT2D eigenvalue weighted by atomic mass is 9.85. The van der Waals surface area contributed by atoms with Gasteiger partial charge in [0.1, 0.15) is 0 Å². The van der Waals surface area contributed by atoms with E-state index in [1.54, 1.807) is 0 Å². The summed E-state index contributed by atoms with van der Waals surface area (Å²) < 4.78 is 2.43. The van der Waals surface area contributed by atoms with Crippen LogP contribution >= 0.6 is 0 Å². The molecule has 0 radical (unpaired) electrons. The van der Waals surface area contributed by atoms with Crippen molar-refractivity contribution in [3.8, 4) is 0 Å². The molecule has 1 atom stereocenters. The SMILES string of the molecule is C=CCC(C)C/C=C\C(=C/C)n1c2ccc(C(C)(C)C)cc2c2cc(C(C)(C)C)ccc21. The summed E-state index contributed by atoms with van der Waals surface area (Å²) in [6.07, 6.45) is 10.9. The first-order valence-electron chi connectivity index (χ1n) is 12.0. The molecule has 1 heterocycles. The Hall–Kier alpha value is -2.54. The maximum atomic E-state index is 3.88. The average Bonchev–Trinajstić information content (AvgIpc) is 3.03. The lowest BCUT2D eigenvalue weighted by Gasteiger charge is -2.19. The van der Waals surface area contributed by atoms with Crippen LogP contribution in [0.5, 0.6) is 0 Å². The highest BCUT2D eigenvalue weighted by molar-refractivity contribution is 6.11. The maximum absolute atomic E-state index is 3.88. The minimum Gasteiger partial charge on any atom is -0.310 e. The van der Waals surface area contributed by atoms with Crippen LogP contribution < -0.4 is 0 Å². The van der Waals surface area contributed by atoms with E-state index in [1.165, 1.54) is 38.6 Å². The van der Waals surface area contributed by atoms with Gasteiger partial charge in [0.15, 0.2) is 0 Å². The number of nitrogens with zero attached hydrogens (tertiary/aromatic N) is 1. The molecular formula is C31H41N. The van der Waals surface area contributed by atoms with Crippen molar-refractivity contribution in [1.82, 2.24) is 4.57 Å². The van der Waals surface area contributed by atoms with Crippen LogP contribution in [0.3, 0.4) is 0 Å². The van der Waals surface area contributed by atoms with Crippen LogP contribution in [0.25, 0.3) is 27.5 Å². The third-order valence-electron chi connectivity index (χ3n) is 6.45. The summed E-state index contributed by atoms with van der Waals surface area (Å²) >= 11 is 0. The van der Waals surface area contributed by atoms with Crippen LogP contribution in [-0.2, 0) is 10.8 Å². The second-order valence-corrected chi connectivity index (χ2v) is 11.3. The molecule has 32 heavy (non-hydrogen) atoms. The van der Waals surface area contributed by atoms with Crippen LogP contribution in [0.2, 0.25) is 0 Å². The first-order valence-corrected chi connectivity index (χ1v) is 12.0. The van der Waals surface area contributed by atoms with Crippen molar-refractivity contribution >= 4 is 27.5 Å². The molecule has 0 saturated carbocycles. The summed E-state index contributed by atoms with van der Waals surface area (Å²) in [5.41, 5.74) is 6.76. The molecule has 0 amide bonds. The van der Waals surface area contributed by atoms with E-state index in [0.29, 0.717) is 5.92 Å². The molecule has 0 bridgehead atoms. The molecule has 0 fully saturated rings. The third-order valence-corrected chi connectivity index (χ3v) is 6.45. The molecule has 2 aromatic carbocycles. The average molecular weight is 428 g/mol. The van der Waals surface area contributed by atoms with Gasteiger partial charge >= 0.3 is 0 Å². The van der Waals surface area contributed by atoms with E-state index in [4.69, 9.17) is 0 Å². The quantitative estimate of drug-likeness (QED) is 0.273. The third kappa shape index (κ3) is 4.93. The van der Waals surface area contributed by atoms with Crippen molar-refractivity contribution in [2.45, 2.75) is 79.1 Å². The molecule has 170 valence electrons. The minimum absolute atomic E-state index is 0.120. The Bertz CT molecular complexity index is 1100. The van der Waals surface area contributed by atoms with Gasteiger partial charge in [-0.3, -0.25) is 0 Å². The Labute approximate surface area is 195 Å². The number of fused-ring (bicyclic) bond motifs is 3. The summed E-state index contributed by atoms with van der Waals surface area (Å²) in [5, 5.41) is 2.68. The van der Waals surface area contributed by atoms with Crippen molar-refractivity contribution in [2.24, 2.45) is 5.92 Å². The number of rotatable bonds is 6. The van der Waals surface area contributed by atoms with Crippen molar-refractivity contribution in [3.63, 3.8) is 0 Å². The van der Waals surface area contributed by atoms with Gasteiger partial charge < -0.3 is 4.57 Å². The molecule has 1 heteroatoms. The second kappa shape index (κ2) is 9.14. The summed E-state index contributed by atoms with van der Waals surface area (Å²) in [7, 11) is 0. The standard InChI is InChI=1S/C31H41N/c1-10-13-22(3)14-12-15-25(11-2)32-28-18-16-23(30(4,5)6)20-26(28)27-21-24(31(7,8)9)17-19-29(27)32/h10-12,15-22H,1,13-14H2,2-9H3/b15-12-,25-11+. The van der Waals surface area contributed by atoms with Crippen LogP contribution in [-0.4, -0.2) is 4.57 Å². The van der Waals surface area contributed by atoms with Crippen molar-refractivity contribution in [2.75, 3.05) is 0 Å². The van der Waals surface area contributed by atoms with E-state index in [0.717, 1.165) is 12.8 Å². The zero-order valence-corrected chi connectivity index (χ0v) is 21.4. The molecule has 0 aliphatic heterocycles. The molecular weight excluding hydrogens is 386 g/mol. The van der Waals surface area contributed by atoms with Gasteiger partial charge in [-0.2, -0.15) is 0 Å². The van der Waals surface area contributed by atoms with Crippen molar-refractivity contribution in [1.29, 1.82) is 0 Å².